The van der Waals surface area contributed by atoms with Crippen LogP contribution in [0, 0.1) is 5.92 Å². The maximum Gasteiger partial charge on any atom is 0.0952 e. The third-order valence-corrected chi connectivity index (χ3v) is 3.89. The Morgan fingerprint density at radius 2 is 2.28 bits per heavy atom. The fourth-order valence-electron chi connectivity index (χ4n) is 2.25. The number of hydrogen-bond acceptors (Lipinski definition) is 2. The molecule has 0 amide bonds. The van der Waals surface area contributed by atoms with Gasteiger partial charge in [-0.25, -0.2) is 0 Å². The monoisotopic (exact) mass is 311 g/mol. The lowest BCUT2D eigenvalue weighted by molar-refractivity contribution is -0.0311. The van der Waals surface area contributed by atoms with Crippen molar-refractivity contribution in [3.63, 3.8) is 0 Å². The molecule has 0 radical (unpaired) electrons. The average Bonchev–Trinajstić information content (AvgIpc) is 2.37. The van der Waals surface area contributed by atoms with Gasteiger partial charge in [-0.05, 0) is 36.6 Å². The normalized spacial score (nSPS) is 21.4. The molecule has 0 aromatic heterocycles. The predicted molar refractivity (Wildman–Crippen MR) is 78.7 cm³/mol. The summed E-state index contributed by atoms with van der Waals surface area (Å²) in [6, 6.07) is 8.46. The number of nitrogens with zero attached hydrogens (tertiary/aromatic N) is 1. The fourth-order valence-corrected chi connectivity index (χ4v) is 2.67. The van der Waals surface area contributed by atoms with Gasteiger partial charge in [-0.2, -0.15) is 0 Å². The summed E-state index contributed by atoms with van der Waals surface area (Å²) >= 11 is 3.52. The minimum Gasteiger partial charge on any atom is -0.371 e. The standard InChI is InChI=1S/C15H22BrNO/c1-12(2)6-7-17-8-9-18-15(11-17)13-4-3-5-14(16)10-13/h3-5,10,12,15H,6-9,11H2,1-2H3. The van der Waals surface area contributed by atoms with Crippen molar-refractivity contribution in [1.82, 2.24) is 4.90 Å². The third-order valence-electron chi connectivity index (χ3n) is 3.39. The molecule has 1 atom stereocenters. The molecular formula is C15H22BrNO. The quantitative estimate of drug-likeness (QED) is 0.837. The van der Waals surface area contributed by atoms with Crippen LogP contribution in [-0.4, -0.2) is 31.1 Å². The molecule has 2 rings (SSSR count). The first kappa shape index (κ1) is 14.0. The Morgan fingerprint density at radius 3 is 3.00 bits per heavy atom. The molecule has 0 aliphatic carbocycles. The Hall–Kier alpha value is -0.380. The van der Waals surface area contributed by atoms with Gasteiger partial charge in [-0.3, -0.25) is 4.90 Å². The highest BCUT2D eigenvalue weighted by molar-refractivity contribution is 9.10. The van der Waals surface area contributed by atoms with E-state index in [9.17, 15) is 0 Å². The lowest BCUT2D eigenvalue weighted by atomic mass is 10.1. The van der Waals surface area contributed by atoms with Gasteiger partial charge >= 0.3 is 0 Å². The van der Waals surface area contributed by atoms with Crippen molar-refractivity contribution in [3.8, 4) is 0 Å². The van der Waals surface area contributed by atoms with Crippen LogP contribution in [0.3, 0.4) is 0 Å². The van der Waals surface area contributed by atoms with Crippen LogP contribution in [0.4, 0.5) is 0 Å². The van der Waals surface area contributed by atoms with Crippen LogP contribution < -0.4 is 0 Å². The number of morpholine rings is 1. The van der Waals surface area contributed by atoms with Crippen LogP contribution in [0.1, 0.15) is 31.9 Å². The van der Waals surface area contributed by atoms with Crippen LogP contribution in [0.2, 0.25) is 0 Å². The molecule has 1 unspecified atom stereocenters. The van der Waals surface area contributed by atoms with Gasteiger partial charge in [0.05, 0.1) is 12.7 Å². The summed E-state index contributed by atoms with van der Waals surface area (Å²) in [4.78, 5) is 2.52. The molecule has 100 valence electrons. The zero-order chi connectivity index (χ0) is 13.0. The van der Waals surface area contributed by atoms with Gasteiger partial charge in [0.15, 0.2) is 0 Å². The van der Waals surface area contributed by atoms with Gasteiger partial charge in [0.1, 0.15) is 0 Å². The van der Waals surface area contributed by atoms with E-state index in [1.165, 1.54) is 18.5 Å². The van der Waals surface area contributed by atoms with Crippen molar-refractivity contribution in [2.24, 2.45) is 5.92 Å². The minimum absolute atomic E-state index is 0.225. The van der Waals surface area contributed by atoms with E-state index < -0.39 is 0 Å². The Morgan fingerprint density at radius 1 is 1.44 bits per heavy atom. The van der Waals surface area contributed by atoms with Crippen molar-refractivity contribution >= 4 is 15.9 Å². The largest absolute Gasteiger partial charge is 0.371 e. The van der Waals surface area contributed by atoms with Gasteiger partial charge in [-0.15, -0.1) is 0 Å². The molecule has 0 N–H and O–H groups in total. The molecule has 18 heavy (non-hydrogen) atoms. The highest BCUT2D eigenvalue weighted by atomic mass is 79.9. The highest BCUT2D eigenvalue weighted by Crippen LogP contribution is 2.24. The lowest BCUT2D eigenvalue weighted by Gasteiger charge is -2.33. The maximum absolute atomic E-state index is 5.89. The molecule has 1 fully saturated rings. The first-order chi connectivity index (χ1) is 8.65. The Balaban J connectivity index is 1.94. The second-order valence-corrected chi connectivity index (χ2v) is 6.31. The van der Waals surface area contributed by atoms with Crippen molar-refractivity contribution < 1.29 is 4.74 Å². The minimum atomic E-state index is 0.225. The molecular weight excluding hydrogens is 290 g/mol. The number of halogens is 1. The summed E-state index contributed by atoms with van der Waals surface area (Å²) in [6.07, 6.45) is 1.49. The number of benzene rings is 1. The molecule has 1 aromatic rings. The Labute approximate surface area is 118 Å². The van der Waals surface area contributed by atoms with Crippen LogP contribution in [-0.2, 0) is 4.74 Å². The average molecular weight is 312 g/mol. The van der Waals surface area contributed by atoms with E-state index in [-0.39, 0.29) is 6.10 Å². The molecule has 1 aliphatic rings. The van der Waals surface area contributed by atoms with Gasteiger partial charge in [0, 0.05) is 17.6 Å². The molecule has 2 nitrogen and oxygen atoms in total. The molecule has 0 spiro atoms. The Kier molecular flexibility index (Phi) is 5.22. The van der Waals surface area contributed by atoms with Crippen LogP contribution >= 0.6 is 15.9 Å². The fraction of sp³-hybridized carbons (Fsp3) is 0.600. The summed E-state index contributed by atoms with van der Waals surface area (Å²) in [6.45, 7) is 8.68. The van der Waals surface area contributed by atoms with Crippen molar-refractivity contribution in [2.75, 3.05) is 26.2 Å². The number of rotatable bonds is 4. The van der Waals surface area contributed by atoms with Crippen LogP contribution in [0.5, 0.6) is 0 Å². The zero-order valence-electron chi connectivity index (χ0n) is 11.2. The molecule has 0 saturated carbocycles. The summed E-state index contributed by atoms with van der Waals surface area (Å²) in [5, 5.41) is 0. The second-order valence-electron chi connectivity index (χ2n) is 5.40. The lowest BCUT2D eigenvalue weighted by Crippen LogP contribution is -2.39. The van der Waals surface area contributed by atoms with E-state index in [0.29, 0.717) is 0 Å². The molecule has 0 bridgehead atoms. The zero-order valence-corrected chi connectivity index (χ0v) is 12.8. The van der Waals surface area contributed by atoms with E-state index in [1.807, 2.05) is 0 Å². The maximum atomic E-state index is 5.89. The smallest absolute Gasteiger partial charge is 0.0952 e. The summed E-state index contributed by atoms with van der Waals surface area (Å²) < 4.78 is 7.02. The van der Waals surface area contributed by atoms with E-state index in [4.69, 9.17) is 4.74 Å². The van der Waals surface area contributed by atoms with Crippen molar-refractivity contribution in [2.45, 2.75) is 26.4 Å². The van der Waals surface area contributed by atoms with E-state index in [1.54, 1.807) is 0 Å². The van der Waals surface area contributed by atoms with E-state index in [0.717, 1.165) is 30.1 Å². The summed E-state index contributed by atoms with van der Waals surface area (Å²) in [7, 11) is 0. The van der Waals surface area contributed by atoms with Gasteiger partial charge in [0.25, 0.3) is 0 Å². The van der Waals surface area contributed by atoms with Gasteiger partial charge in [-0.1, -0.05) is 41.9 Å². The first-order valence-corrected chi connectivity index (χ1v) is 7.54. The topological polar surface area (TPSA) is 12.5 Å². The highest BCUT2D eigenvalue weighted by Gasteiger charge is 2.21. The number of hydrogen-bond donors (Lipinski definition) is 0. The summed E-state index contributed by atoms with van der Waals surface area (Å²) in [5.41, 5.74) is 1.28. The SMILES string of the molecule is CC(C)CCN1CCOC(c2cccc(Br)c2)C1. The predicted octanol–water partition coefficient (Wildman–Crippen LogP) is 3.87. The molecule has 3 heteroatoms. The number of ether oxygens (including phenoxy) is 1. The first-order valence-electron chi connectivity index (χ1n) is 6.74. The van der Waals surface area contributed by atoms with Crippen molar-refractivity contribution in [3.05, 3.63) is 34.3 Å². The van der Waals surface area contributed by atoms with E-state index >= 15 is 0 Å². The van der Waals surface area contributed by atoms with Gasteiger partial charge in [0.2, 0.25) is 0 Å². The van der Waals surface area contributed by atoms with Gasteiger partial charge < -0.3 is 4.74 Å². The molecule has 1 aromatic carbocycles. The molecule has 1 saturated heterocycles. The second kappa shape index (κ2) is 6.69. The molecule has 1 heterocycles. The third kappa shape index (κ3) is 4.08. The molecule has 1 aliphatic heterocycles. The van der Waals surface area contributed by atoms with Crippen LogP contribution in [0.15, 0.2) is 28.7 Å². The van der Waals surface area contributed by atoms with Crippen LogP contribution in [0.25, 0.3) is 0 Å². The van der Waals surface area contributed by atoms with E-state index in [2.05, 4.69) is 58.9 Å². The Bertz CT molecular complexity index is 381. The summed E-state index contributed by atoms with van der Waals surface area (Å²) in [5.74, 6) is 0.775. The van der Waals surface area contributed by atoms with Crippen molar-refractivity contribution in [1.29, 1.82) is 0 Å².